The molecule has 0 unspecified atom stereocenters. The van der Waals surface area contributed by atoms with Crippen molar-refractivity contribution in [3.63, 3.8) is 0 Å². The van der Waals surface area contributed by atoms with Crippen LogP contribution in [-0.2, 0) is 0 Å². The average molecular weight is 180 g/mol. The van der Waals surface area contributed by atoms with Gasteiger partial charge in [0.1, 0.15) is 0 Å². The molecule has 0 aliphatic heterocycles. The van der Waals surface area contributed by atoms with Crippen LogP contribution in [0.5, 0.6) is 0 Å². The molecular weight excluding hydrogens is 164 g/mol. The molecule has 13 heavy (non-hydrogen) atoms. The molecule has 0 spiro atoms. The van der Waals surface area contributed by atoms with Crippen LogP contribution in [0.2, 0.25) is 0 Å². The Morgan fingerprint density at radius 3 is 2.38 bits per heavy atom. The van der Waals surface area contributed by atoms with Gasteiger partial charge in [-0.2, -0.15) is 0 Å². The number of aliphatic hydroxyl groups is 2. The highest BCUT2D eigenvalue weighted by Crippen LogP contribution is 2.20. The minimum absolute atomic E-state index is 0.0400. The molecule has 0 fully saturated rings. The molecule has 0 saturated carbocycles. The molecule has 0 aromatic heterocycles. The van der Waals surface area contributed by atoms with Gasteiger partial charge in [-0.05, 0) is 12.0 Å². The van der Waals surface area contributed by atoms with E-state index in [0.29, 0.717) is 6.42 Å². The van der Waals surface area contributed by atoms with Gasteiger partial charge in [0.15, 0.2) is 0 Å². The SMILES string of the molecule is C[C@@H](c1ccccc1)[C@@H](O)CCO. The van der Waals surface area contributed by atoms with Crippen molar-refractivity contribution in [2.45, 2.75) is 25.4 Å². The summed E-state index contributed by atoms with van der Waals surface area (Å²) < 4.78 is 0. The molecule has 1 aromatic rings. The summed E-state index contributed by atoms with van der Waals surface area (Å²) in [5, 5.41) is 18.3. The minimum Gasteiger partial charge on any atom is -0.396 e. The lowest BCUT2D eigenvalue weighted by Gasteiger charge is -2.17. The van der Waals surface area contributed by atoms with Crippen LogP contribution in [0, 0.1) is 0 Å². The maximum Gasteiger partial charge on any atom is 0.0627 e. The van der Waals surface area contributed by atoms with Gasteiger partial charge in [0.2, 0.25) is 0 Å². The normalized spacial score (nSPS) is 15.3. The van der Waals surface area contributed by atoms with Crippen molar-refractivity contribution in [1.82, 2.24) is 0 Å². The van der Waals surface area contributed by atoms with E-state index >= 15 is 0 Å². The minimum atomic E-state index is -0.451. The van der Waals surface area contributed by atoms with Gasteiger partial charge >= 0.3 is 0 Å². The van der Waals surface area contributed by atoms with Crippen molar-refractivity contribution in [3.05, 3.63) is 35.9 Å². The lowest BCUT2D eigenvalue weighted by Crippen LogP contribution is -2.17. The molecule has 0 heterocycles. The zero-order chi connectivity index (χ0) is 9.68. The molecule has 2 nitrogen and oxygen atoms in total. The Morgan fingerprint density at radius 2 is 1.85 bits per heavy atom. The van der Waals surface area contributed by atoms with Crippen molar-refractivity contribution in [3.8, 4) is 0 Å². The van der Waals surface area contributed by atoms with Gasteiger partial charge in [-0.25, -0.2) is 0 Å². The fourth-order valence-corrected chi connectivity index (χ4v) is 1.36. The molecule has 0 bridgehead atoms. The molecule has 2 atom stereocenters. The number of hydrogen-bond donors (Lipinski definition) is 2. The van der Waals surface area contributed by atoms with Crippen molar-refractivity contribution in [2.24, 2.45) is 0 Å². The summed E-state index contributed by atoms with van der Waals surface area (Å²) in [6.07, 6.45) is -0.0109. The van der Waals surface area contributed by atoms with Crippen molar-refractivity contribution in [2.75, 3.05) is 6.61 Å². The molecule has 2 N–H and O–H groups in total. The van der Waals surface area contributed by atoms with Crippen LogP contribution in [-0.4, -0.2) is 22.9 Å². The van der Waals surface area contributed by atoms with E-state index in [1.165, 1.54) is 0 Å². The van der Waals surface area contributed by atoms with Gasteiger partial charge in [0.25, 0.3) is 0 Å². The lowest BCUT2D eigenvalue weighted by atomic mass is 9.94. The first-order valence-corrected chi connectivity index (χ1v) is 4.59. The molecule has 0 radical (unpaired) electrons. The largest absolute Gasteiger partial charge is 0.396 e. The first-order valence-electron chi connectivity index (χ1n) is 4.59. The van der Waals surface area contributed by atoms with E-state index < -0.39 is 6.10 Å². The highest BCUT2D eigenvalue weighted by molar-refractivity contribution is 5.19. The van der Waals surface area contributed by atoms with Gasteiger partial charge in [-0.3, -0.25) is 0 Å². The molecular formula is C11H16O2. The molecule has 0 amide bonds. The number of rotatable bonds is 4. The summed E-state index contributed by atoms with van der Waals surface area (Å²) in [7, 11) is 0. The van der Waals surface area contributed by atoms with E-state index in [-0.39, 0.29) is 12.5 Å². The van der Waals surface area contributed by atoms with E-state index in [4.69, 9.17) is 5.11 Å². The summed E-state index contributed by atoms with van der Waals surface area (Å²) >= 11 is 0. The molecule has 0 aliphatic rings. The summed E-state index contributed by atoms with van der Waals surface area (Å²) in [6.45, 7) is 2.01. The van der Waals surface area contributed by atoms with Gasteiger partial charge in [0.05, 0.1) is 6.10 Å². The predicted octanol–water partition coefficient (Wildman–Crippen LogP) is 1.53. The maximum absolute atomic E-state index is 9.61. The number of benzene rings is 1. The smallest absolute Gasteiger partial charge is 0.0627 e. The molecule has 0 saturated heterocycles. The average Bonchev–Trinajstić information content (AvgIpc) is 2.18. The third-order valence-electron chi connectivity index (χ3n) is 2.33. The molecule has 2 heteroatoms. The summed E-state index contributed by atoms with van der Waals surface area (Å²) in [4.78, 5) is 0. The van der Waals surface area contributed by atoms with Crippen molar-refractivity contribution in [1.29, 1.82) is 0 Å². The Balaban J connectivity index is 2.62. The van der Waals surface area contributed by atoms with E-state index in [1.807, 2.05) is 37.3 Å². The Morgan fingerprint density at radius 1 is 1.23 bits per heavy atom. The third kappa shape index (κ3) is 2.83. The maximum atomic E-state index is 9.61. The number of aliphatic hydroxyl groups excluding tert-OH is 2. The van der Waals surface area contributed by atoms with E-state index in [0.717, 1.165) is 5.56 Å². The Kier molecular flexibility index (Phi) is 3.93. The van der Waals surface area contributed by atoms with Crippen LogP contribution in [0.15, 0.2) is 30.3 Å². The third-order valence-corrected chi connectivity index (χ3v) is 2.33. The summed E-state index contributed by atoms with van der Waals surface area (Å²) in [5.74, 6) is 0.0911. The zero-order valence-corrected chi connectivity index (χ0v) is 7.85. The van der Waals surface area contributed by atoms with Crippen molar-refractivity contribution >= 4 is 0 Å². The van der Waals surface area contributed by atoms with Crippen LogP contribution in [0.3, 0.4) is 0 Å². The molecule has 72 valence electrons. The monoisotopic (exact) mass is 180 g/mol. The van der Waals surface area contributed by atoms with Gasteiger partial charge in [0, 0.05) is 12.5 Å². The van der Waals surface area contributed by atoms with E-state index in [2.05, 4.69) is 0 Å². The molecule has 1 aromatic carbocycles. The highest BCUT2D eigenvalue weighted by atomic mass is 16.3. The second kappa shape index (κ2) is 5.00. The highest BCUT2D eigenvalue weighted by Gasteiger charge is 2.14. The van der Waals surface area contributed by atoms with Crippen LogP contribution in [0.4, 0.5) is 0 Å². The predicted molar refractivity (Wildman–Crippen MR) is 52.6 cm³/mol. The summed E-state index contributed by atoms with van der Waals surface area (Å²) in [6, 6.07) is 9.85. The lowest BCUT2D eigenvalue weighted by molar-refractivity contribution is 0.113. The van der Waals surface area contributed by atoms with Crippen LogP contribution in [0.1, 0.15) is 24.8 Å². The molecule has 0 aliphatic carbocycles. The quantitative estimate of drug-likeness (QED) is 0.737. The second-order valence-electron chi connectivity index (χ2n) is 3.28. The van der Waals surface area contributed by atoms with Gasteiger partial charge in [-0.1, -0.05) is 37.3 Å². The first-order chi connectivity index (χ1) is 6.25. The standard InChI is InChI=1S/C11H16O2/c1-9(11(13)7-8-12)10-5-3-2-4-6-10/h2-6,9,11-13H,7-8H2,1H3/t9-,11-/m0/s1. The number of hydrogen-bond acceptors (Lipinski definition) is 2. The van der Waals surface area contributed by atoms with Gasteiger partial charge < -0.3 is 10.2 Å². The van der Waals surface area contributed by atoms with E-state index in [1.54, 1.807) is 0 Å². The van der Waals surface area contributed by atoms with Gasteiger partial charge in [-0.15, -0.1) is 0 Å². The fourth-order valence-electron chi connectivity index (χ4n) is 1.36. The summed E-state index contributed by atoms with van der Waals surface area (Å²) in [5.41, 5.74) is 1.11. The second-order valence-corrected chi connectivity index (χ2v) is 3.28. The first kappa shape index (κ1) is 10.2. The Labute approximate surface area is 78.8 Å². The van der Waals surface area contributed by atoms with Crippen molar-refractivity contribution < 1.29 is 10.2 Å². The zero-order valence-electron chi connectivity index (χ0n) is 7.85. The topological polar surface area (TPSA) is 40.5 Å². The Hall–Kier alpha value is -0.860. The van der Waals surface area contributed by atoms with Crippen LogP contribution in [0.25, 0.3) is 0 Å². The van der Waals surface area contributed by atoms with E-state index in [9.17, 15) is 5.11 Å². The fraction of sp³-hybridized carbons (Fsp3) is 0.455. The van der Waals surface area contributed by atoms with Crippen LogP contribution < -0.4 is 0 Å². The molecule has 1 rings (SSSR count). The Bertz CT molecular complexity index is 233. The van der Waals surface area contributed by atoms with Crippen LogP contribution >= 0.6 is 0 Å².